The molecule has 1 fully saturated rings. The lowest BCUT2D eigenvalue weighted by Crippen LogP contribution is -2.31. The third kappa shape index (κ3) is 5.22. The molecule has 0 aliphatic carbocycles. The number of anilines is 1. The highest BCUT2D eigenvalue weighted by atomic mass is 19.1. The lowest BCUT2D eigenvalue weighted by atomic mass is 9.92. The number of hydrogen-bond acceptors (Lipinski definition) is 4. The molecule has 39 heavy (non-hydrogen) atoms. The SMILES string of the molecule is O=C(Nc1ccccc1F)[C@@H]1CCN(Cc2ccc(-c3cc4ccn[n+]([O-])c4cc3-c3ccccc3)cc2)C1. The first-order chi connectivity index (χ1) is 19.0. The van der Waals surface area contributed by atoms with Gasteiger partial charge in [-0.3, -0.25) is 9.69 Å². The zero-order valence-corrected chi connectivity index (χ0v) is 21.3. The van der Waals surface area contributed by atoms with E-state index in [-0.39, 0.29) is 17.5 Å². The number of benzene rings is 4. The molecule has 1 aromatic heterocycles. The van der Waals surface area contributed by atoms with E-state index in [1.54, 1.807) is 18.2 Å². The minimum Gasteiger partial charge on any atom is -0.594 e. The fraction of sp³-hybridized carbons (Fsp3) is 0.156. The standard InChI is InChI=1S/C32H27FN4O2/c33-29-8-4-5-9-30(29)35-32(38)26-15-17-36(21-26)20-22-10-12-24(13-11-22)27-18-25-14-16-34-37(39)31(25)19-28(27)23-6-2-1-3-7-23/h1-14,16,18-19,26H,15,17,20-21H2,(H,35,38)/t26-/m1/s1. The molecule has 0 unspecified atom stereocenters. The van der Waals surface area contributed by atoms with Crippen molar-refractivity contribution in [1.82, 2.24) is 10.00 Å². The number of aromatic nitrogens is 2. The maximum Gasteiger partial charge on any atom is 0.252 e. The lowest BCUT2D eigenvalue weighted by Gasteiger charge is -2.17. The lowest BCUT2D eigenvalue weighted by molar-refractivity contribution is -0.642. The van der Waals surface area contributed by atoms with E-state index in [1.165, 1.54) is 12.3 Å². The van der Waals surface area contributed by atoms with Crippen molar-refractivity contribution in [3.05, 3.63) is 120 Å². The smallest absolute Gasteiger partial charge is 0.252 e. The normalized spacial score (nSPS) is 15.5. The van der Waals surface area contributed by atoms with Gasteiger partial charge < -0.3 is 10.5 Å². The van der Waals surface area contributed by atoms with Crippen LogP contribution in [0.5, 0.6) is 0 Å². The highest BCUT2D eigenvalue weighted by Crippen LogP contribution is 2.35. The molecule has 0 spiro atoms. The Balaban J connectivity index is 1.19. The summed E-state index contributed by atoms with van der Waals surface area (Å²) in [5.41, 5.74) is 5.99. The van der Waals surface area contributed by atoms with Gasteiger partial charge in [-0.15, -0.1) is 0 Å². The van der Waals surface area contributed by atoms with Crippen molar-refractivity contribution in [2.45, 2.75) is 13.0 Å². The van der Waals surface area contributed by atoms with E-state index in [1.807, 2.05) is 48.5 Å². The molecule has 0 radical (unpaired) electrons. The van der Waals surface area contributed by atoms with Gasteiger partial charge in [0.1, 0.15) is 5.82 Å². The third-order valence-corrected chi connectivity index (χ3v) is 7.33. The minimum absolute atomic E-state index is 0.141. The van der Waals surface area contributed by atoms with Crippen molar-refractivity contribution in [2.75, 3.05) is 18.4 Å². The maximum absolute atomic E-state index is 13.9. The summed E-state index contributed by atoms with van der Waals surface area (Å²) in [7, 11) is 0. The molecule has 6 nitrogen and oxygen atoms in total. The van der Waals surface area contributed by atoms with Gasteiger partial charge in [0.15, 0.2) is 0 Å². The van der Waals surface area contributed by atoms with Gasteiger partial charge in [0, 0.05) is 24.3 Å². The summed E-state index contributed by atoms with van der Waals surface area (Å²) in [6, 6.07) is 30.5. The summed E-state index contributed by atoms with van der Waals surface area (Å²) < 4.78 is 13.9. The van der Waals surface area contributed by atoms with Crippen molar-refractivity contribution >= 4 is 22.5 Å². The number of nitrogens with one attached hydrogen (secondary N) is 1. The number of halogens is 1. The van der Waals surface area contributed by atoms with E-state index in [9.17, 15) is 14.4 Å². The largest absolute Gasteiger partial charge is 0.594 e. The molecule has 0 bridgehead atoms. The summed E-state index contributed by atoms with van der Waals surface area (Å²) in [6.07, 6.45) is 2.26. The van der Waals surface area contributed by atoms with Crippen molar-refractivity contribution < 1.29 is 14.0 Å². The molecule has 194 valence electrons. The second-order valence-electron chi connectivity index (χ2n) is 9.91. The molecule has 4 aromatic carbocycles. The van der Waals surface area contributed by atoms with Crippen molar-refractivity contribution in [3.8, 4) is 22.3 Å². The topological polar surface area (TPSA) is 72.2 Å². The predicted octanol–water partition coefficient (Wildman–Crippen LogP) is 5.80. The second kappa shape index (κ2) is 10.6. The number of likely N-dealkylation sites (tertiary alicyclic amines) is 1. The van der Waals surface area contributed by atoms with Crippen LogP contribution in [0.4, 0.5) is 10.1 Å². The molecular weight excluding hydrogens is 491 g/mol. The Hall–Kier alpha value is -4.62. The monoisotopic (exact) mass is 518 g/mol. The van der Waals surface area contributed by atoms with E-state index >= 15 is 0 Å². The van der Waals surface area contributed by atoms with Gasteiger partial charge in [-0.2, -0.15) is 0 Å². The van der Waals surface area contributed by atoms with Crippen LogP contribution in [0.25, 0.3) is 33.2 Å². The number of carbonyl (C=O) groups excluding carboxylic acids is 1. The molecule has 1 N–H and O–H groups in total. The van der Waals surface area contributed by atoms with Gasteiger partial charge in [-0.25, -0.2) is 4.39 Å². The van der Waals surface area contributed by atoms with E-state index in [4.69, 9.17) is 0 Å². The zero-order valence-electron chi connectivity index (χ0n) is 21.3. The quantitative estimate of drug-likeness (QED) is 0.228. The highest BCUT2D eigenvalue weighted by Gasteiger charge is 2.28. The van der Waals surface area contributed by atoms with E-state index in [0.717, 1.165) is 52.7 Å². The number of amides is 1. The Morgan fingerprint density at radius 2 is 1.67 bits per heavy atom. The van der Waals surface area contributed by atoms with E-state index < -0.39 is 5.82 Å². The molecule has 1 saturated heterocycles. The van der Waals surface area contributed by atoms with E-state index in [0.29, 0.717) is 16.9 Å². The predicted molar refractivity (Wildman–Crippen MR) is 150 cm³/mol. The molecule has 1 aliphatic rings. The van der Waals surface area contributed by atoms with Crippen LogP contribution in [-0.2, 0) is 11.3 Å². The van der Waals surface area contributed by atoms with Gasteiger partial charge in [0.05, 0.1) is 23.2 Å². The molecule has 1 amide bonds. The summed E-state index contributed by atoms with van der Waals surface area (Å²) in [6.45, 7) is 2.17. The van der Waals surface area contributed by atoms with E-state index in [2.05, 4.69) is 39.6 Å². The summed E-state index contributed by atoms with van der Waals surface area (Å²) >= 11 is 0. The van der Waals surface area contributed by atoms with Gasteiger partial charge in [0.25, 0.3) is 5.52 Å². The van der Waals surface area contributed by atoms with Crippen LogP contribution >= 0.6 is 0 Å². The van der Waals surface area contributed by atoms with Crippen LogP contribution < -0.4 is 10.2 Å². The molecule has 1 atom stereocenters. The van der Waals surface area contributed by atoms with Gasteiger partial charge in [-0.1, -0.05) is 71.6 Å². The van der Waals surface area contributed by atoms with Crippen LogP contribution in [0.3, 0.4) is 0 Å². The van der Waals surface area contributed by atoms with Crippen LogP contribution in [0.1, 0.15) is 12.0 Å². The first-order valence-corrected chi connectivity index (χ1v) is 13.0. The fourth-order valence-electron chi connectivity index (χ4n) is 5.27. The average Bonchev–Trinajstić information content (AvgIpc) is 3.43. The number of para-hydroxylation sites is 1. The second-order valence-corrected chi connectivity index (χ2v) is 9.91. The summed E-state index contributed by atoms with van der Waals surface area (Å²) in [4.78, 5) is 15.6. The first kappa shape index (κ1) is 24.7. The molecule has 6 rings (SSSR count). The Kier molecular flexibility index (Phi) is 6.73. The zero-order chi connectivity index (χ0) is 26.8. The summed E-state index contributed by atoms with van der Waals surface area (Å²) in [5.74, 6) is -0.739. The van der Waals surface area contributed by atoms with Crippen LogP contribution in [0.2, 0.25) is 0 Å². The van der Waals surface area contributed by atoms with Gasteiger partial charge in [0.2, 0.25) is 5.91 Å². The van der Waals surface area contributed by atoms with Crippen LogP contribution in [0.15, 0.2) is 103 Å². The van der Waals surface area contributed by atoms with Crippen molar-refractivity contribution in [3.63, 3.8) is 0 Å². The van der Waals surface area contributed by atoms with Crippen molar-refractivity contribution in [2.24, 2.45) is 5.92 Å². The van der Waals surface area contributed by atoms with Crippen LogP contribution in [0, 0.1) is 16.9 Å². The number of carbonyl (C=O) groups is 1. The Morgan fingerprint density at radius 1 is 0.949 bits per heavy atom. The Bertz CT molecular complexity index is 1640. The third-order valence-electron chi connectivity index (χ3n) is 7.33. The fourth-order valence-corrected chi connectivity index (χ4v) is 5.27. The summed E-state index contributed by atoms with van der Waals surface area (Å²) in [5, 5.41) is 19.8. The van der Waals surface area contributed by atoms with Crippen LogP contribution in [-0.4, -0.2) is 29.0 Å². The van der Waals surface area contributed by atoms with Gasteiger partial charge >= 0.3 is 0 Å². The number of hydrogen-bond donors (Lipinski definition) is 1. The van der Waals surface area contributed by atoms with Gasteiger partial charge in [-0.05, 0) is 65.0 Å². The molecule has 7 heteroatoms. The molecule has 5 aromatic rings. The highest BCUT2D eigenvalue weighted by molar-refractivity contribution is 5.94. The first-order valence-electron chi connectivity index (χ1n) is 13.0. The maximum atomic E-state index is 13.9. The number of rotatable bonds is 6. The molecule has 2 heterocycles. The number of nitrogens with zero attached hydrogens (tertiary/aromatic N) is 3. The number of fused-ring (bicyclic) bond motifs is 1. The average molecular weight is 519 g/mol. The van der Waals surface area contributed by atoms with Crippen molar-refractivity contribution in [1.29, 1.82) is 0 Å². The minimum atomic E-state index is -0.425. The molecule has 0 saturated carbocycles. The Morgan fingerprint density at radius 3 is 2.46 bits per heavy atom. The molecule has 1 aliphatic heterocycles. The molecular formula is C32H27FN4O2. The Labute approximate surface area is 225 Å².